The van der Waals surface area contributed by atoms with Crippen LogP contribution < -0.4 is 0 Å². The number of morpholine rings is 1. The Morgan fingerprint density at radius 2 is 2.50 bits per heavy atom. The maximum Gasteiger partial charge on any atom is 0.325 e. The van der Waals surface area contributed by atoms with Gasteiger partial charge < -0.3 is 9.47 Å². The minimum absolute atomic E-state index is 0.0106. The first kappa shape index (κ1) is 8.01. The summed E-state index contributed by atoms with van der Waals surface area (Å²) in [5.74, 6) is -0.120. The first-order chi connectivity index (χ1) is 5.81. The fourth-order valence-corrected chi connectivity index (χ4v) is 1.87. The lowest BCUT2D eigenvalue weighted by Crippen LogP contribution is -2.49. The monoisotopic (exact) mass is 171 g/mol. The maximum absolute atomic E-state index is 11.3. The molecule has 0 amide bonds. The average molecular weight is 171 g/mol. The Labute approximate surface area is 71.4 Å². The fourth-order valence-electron chi connectivity index (χ4n) is 1.87. The molecule has 0 spiro atoms. The Hall–Kier alpha value is -0.610. The highest BCUT2D eigenvalue weighted by Crippen LogP contribution is 2.23. The molecule has 2 heterocycles. The van der Waals surface area contributed by atoms with Crippen molar-refractivity contribution in [2.24, 2.45) is 0 Å². The fraction of sp³-hybridized carbons (Fsp3) is 0.875. The normalized spacial score (nSPS) is 36.2. The molecule has 0 N–H and O–H groups in total. The van der Waals surface area contributed by atoms with Crippen LogP contribution in [-0.2, 0) is 14.3 Å². The molecule has 2 atom stereocenters. The number of carbonyl (C=O) groups excluding carboxylic acids is 1. The molecule has 0 radical (unpaired) electrons. The predicted octanol–water partition coefficient (Wildman–Crippen LogP) is -0.0199. The molecule has 0 bridgehead atoms. The molecule has 68 valence electrons. The van der Waals surface area contributed by atoms with Gasteiger partial charge in [0, 0.05) is 7.11 Å². The van der Waals surface area contributed by atoms with Crippen LogP contribution in [0.4, 0.5) is 0 Å². The summed E-state index contributed by atoms with van der Waals surface area (Å²) in [5.41, 5.74) is 0. The molecule has 0 aromatic rings. The van der Waals surface area contributed by atoms with E-state index in [-0.39, 0.29) is 18.3 Å². The summed E-state index contributed by atoms with van der Waals surface area (Å²) in [6.07, 6.45) is 1.68. The Kier molecular flexibility index (Phi) is 2.02. The molecular weight excluding hydrogens is 158 g/mol. The number of cyclic esters (lactones) is 1. The number of ether oxygens (including phenoxy) is 2. The van der Waals surface area contributed by atoms with E-state index in [9.17, 15) is 4.79 Å². The van der Waals surface area contributed by atoms with Crippen LogP contribution in [0.3, 0.4) is 0 Å². The number of hydrogen-bond acceptors (Lipinski definition) is 4. The first-order valence-corrected chi connectivity index (χ1v) is 4.28. The van der Waals surface area contributed by atoms with Crippen molar-refractivity contribution >= 4 is 5.97 Å². The standard InChI is InChI=1S/C8H13NO3/c1-11-7-5-9-4-2-3-6(9)8(10)12-7/h6-7H,2-5H2,1H3/t6-,7-/m0/s1. The lowest BCUT2D eigenvalue weighted by atomic mass is 10.2. The van der Waals surface area contributed by atoms with Crippen molar-refractivity contribution in [1.29, 1.82) is 0 Å². The first-order valence-electron chi connectivity index (χ1n) is 4.28. The van der Waals surface area contributed by atoms with Crippen LogP contribution >= 0.6 is 0 Å². The third-order valence-electron chi connectivity index (χ3n) is 2.53. The average Bonchev–Trinajstić information content (AvgIpc) is 2.52. The molecule has 0 aliphatic carbocycles. The van der Waals surface area contributed by atoms with Crippen molar-refractivity contribution in [2.75, 3.05) is 20.2 Å². The van der Waals surface area contributed by atoms with Gasteiger partial charge >= 0.3 is 5.97 Å². The molecule has 4 heteroatoms. The zero-order valence-electron chi connectivity index (χ0n) is 7.16. The minimum Gasteiger partial charge on any atom is -0.433 e. The third-order valence-corrected chi connectivity index (χ3v) is 2.53. The van der Waals surface area contributed by atoms with Crippen molar-refractivity contribution < 1.29 is 14.3 Å². The van der Waals surface area contributed by atoms with Crippen LogP contribution in [0.5, 0.6) is 0 Å². The van der Waals surface area contributed by atoms with Crippen molar-refractivity contribution in [3.63, 3.8) is 0 Å². The van der Waals surface area contributed by atoms with Gasteiger partial charge in [0.15, 0.2) is 0 Å². The predicted molar refractivity (Wildman–Crippen MR) is 41.5 cm³/mol. The second-order valence-electron chi connectivity index (χ2n) is 3.26. The summed E-state index contributed by atoms with van der Waals surface area (Å²) in [6, 6.07) is 0.0106. The van der Waals surface area contributed by atoms with Crippen LogP contribution in [0, 0.1) is 0 Å². The van der Waals surface area contributed by atoms with E-state index >= 15 is 0 Å². The molecule has 2 saturated heterocycles. The van der Waals surface area contributed by atoms with Gasteiger partial charge in [0.2, 0.25) is 6.29 Å². The van der Waals surface area contributed by atoms with E-state index in [1.54, 1.807) is 7.11 Å². The lowest BCUT2D eigenvalue weighted by Gasteiger charge is -2.32. The van der Waals surface area contributed by atoms with E-state index in [4.69, 9.17) is 9.47 Å². The quantitative estimate of drug-likeness (QED) is 0.520. The second kappa shape index (κ2) is 3.03. The van der Waals surface area contributed by atoms with Crippen molar-refractivity contribution in [2.45, 2.75) is 25.2 Å². The van der Waals surface area contributed by atoms with Crippen molar-refractivity contribution in [3.05, 3.63) is 0 Å². The number of rotatable bonds is 1. The van der Waals surface area contributed by atoms with Gasteiger partial charge in [0.05, 0.1) is 6.54 Å². The number of carbonyl (C=O) groups is 1. The summed E-state index contributed by atoms with van der Waals surface area (Å²) >= 11 is 0. The van der Waals surface area contributed by atoms with Crippen molar-refractivity contribution in [3.8, 4) is 0 Å². The van der Waals surface area contributed by atoms with Gasteiger partial charge in [-0.1, -0.05) is 0 Å². The molecule has 2 fully saturated rings. The Morgan fingerprint density at radius 3 is 3.25 bits per heavy atom. The maximum atomic E-state index is 11.3. The zero-order valence-corrected chi connectivity index (χ0v) is 7.16. The van der Waals surface area contributed by atoms with E-state index in [1.165, 1.54) is 0 Å². The van der Waals surface area contributed by atoms with Crippen LogP contribution in [0.2, 0.25) is 0 Å². The van der Waals surface area contributed by atoms with E-state index < -0.39 is 0 Å². The summed E-state index contributed by atoms with van der Waals surface area (Å²) < 4.78 is 10.0. The number of hydrogen-bond donors (Lipinski definition) is 0. The van der Waals surface area contributed by atoms with Crippen LogP contribution in [0.15, 0.2) is 0 Å². The van der Waals surface area contributed by atoms with Gasteiger partial charge in [-0.05, 0) is 19.4 Å². The number of nitrogens with zero attached hydrogens (tertiary/aromatic N) is 1. The molecule has 0 aromatic carbocycles. The SMILES string of the molecule is CO[C@@H]1CN2CCC[C@H]2C(=O)O1. The largest absolute Gasteiger partial charge is 0.433 e. The summed E-state index contributed by atoms with van der Waals surface area (Å²) in [6.45, 7) is 1.73. The molecule has 2 aliphatic heterocycles. The third kappa shape index (κ3) is 1.21. The second-order valence-corrected chi connectivity index (χ2v) is 3.26. The van der Waals surface area contributed by atoms with Gasteiger partial charge in [-0.15, -0.1) is 0 Å². The molecule has 12 heavy (non-hydrogen) atoms. The molecule has 4 nitrogen and oxygen atoms in total. The van der Waals surface area contributed by atoms with Crippen LogP contribution in [0.25, 0.3) is 0 Å². The van der Waals surface area contributed by atoms with Gasteiger partial charge in [-0.2, -0.15) is 0 Å². The lowest BCUT2D eigenvalue weighted by molar-refractivity contribution is -0.196. The Balaban J connectivity index is 2.05. The summed E-state index contributed by atoms with van der Waals surface area (Å²) in [5, 5.41) is 0. The van der Waals surface area contributed by atoms with Crippen molar-refractivity contribution in [1.82, 2.24) is 4.90 Å². The highest BCUT2D eigenvalue weighted by atomic mass is 16.7. The highest BCUT2D eigenvalue weighted by molar-refractivity contribution is 5.76. The van der Waals surface area contributed by atoms with E-state index in [2.05, 4.69) is 4.90 Å². The van der Waals surface area contributed by atoms with Crippen LogP contribution in [-0.4, -0.2) is 43.4 Å². The topological polar surface area (TPSA) is 38.8 Å². The number of fused-ring (bicyclic) bond motifs is 1. The van der Waals surface area contributed by atoms with E-state index in [1.807, 2.05) is 0 Å². The summed E-state index contributed by atoms with van der Waals surface area (Å²) in [7, 11) is 1.56. The van der Waals surface area contributed by atoms with Gasteiger partial charge in [-0.25, -0.2) is 0 Å². The van der Waals surface area contributed by atoms with Gasteiger partial charge in [0.25, 0.3) is 0 Å². The highest BCUT2D eigenvalue weighted by Gasteiger charge is 2.39. The number of methoxy groups -OCH3 is 1. The van der Waals surface area contributed by atoms with Gasteiger partial charge in [0.1, 0.15) is 6.04 Å². The minimum atomic E-state index is -0.355. The molecule has 2 aliphatic rings. The molecule has 0 unspecified atom stereocenters. The molecule has 0 aromatic heterocycles. The zero-order chi connectivity index (χ0) is 8.55. The molecule has 2 rings (SSSR count). The van der Waals surface area contributed by atoms with Gasteiger partial charge in [-0.3, -0.25) is 9.69 Å². The van der Waals surface area contributed by atoms with Crippen LogP contribution in [0.1, 0.15) is 12.8 Å². The Bertz CT molecular complexity index is 195. The Morgan fingerprint density at radius 1 is 1.67 bits per heavy atom. The number of esters is 1. The smallest absolute Gasteiger partial charge is 0.325 e. The van der Waals surface area contributed by atoms with E-state index in [0.29, 0.717) is 0 Å². The van der Waals surface area contributed by atoms with E-state index in [0.717, 1.165) is 25.9 Å². The molecule has 0 saturated carbocycles. The molecular formula is C8H13NO3. The summed E-state index contributed by atoms with van der Waals surface area (Å²) in [4.78, 5) is 13.4.